The molecule has 1 heterocycles. The third-order valence-corrected chi connectivity index (χ3v) is 2.93. The molecule has 1 atom stereocenters. The Bertz CT molecular complexity index is 537. The number of aromatic nitrogens is 2. The highest BCUT2D eigenvalue weighted by molar-refractivity contribution is 5.75. The second-order valence-electron chi connectivity index (χ2n) is 4.31. The molecule has 0 unspecified atom stereocenters. The number of nitrogens with zero attached hydrogens (tertiary/aromatic N) is 1. The highest BCUT2D eigenvalue weighted by atomic mass is 16.5. The maximum Gasteiger partial charge on any atom is 0.322 e. The van der Waals surface area contributed by atoms with E-state index < -0.39 is 6.04 Å². The number of carbonyl (C=O) groups is 1. The molecule has 0 saturated carbocycles. The first-order valence-electron chi connectivity index (χ1n) is 6.14. The van der Waals surface area contributed by atoms with E-state index in [-0.39, 0.29) is 5.97 Å². The van der Waals surface area contributed by atoms with E-state index in [9.17, 15) is 4.79 Å². The van der Waals surface area contributed by atoms with Gasteiger partial charge in [-0.1, -0.05) is 30.3 Å². The first kappa shape index (κ1) is 13.3. The summed E-state index contributed by atoms with van der Waals surface area (Å²) in [6.07, 6.45) is 1.19. The van der Waals surface area contributed by atoms with Gasteiger partial charge in [-0.3, -0.25) is 9.89 Å². The quantitative estimate of drug-likeness (QED) is 0.797. The average molecular weight is 259 g/mol. The van der Waals surface area contributed by atoms with Gasteiger partial charge in [0.25, 0.3) is 0 Å². The number of methoxy groups -OCH3 is 1. The molecular formula is C14H17N3O2. The van der Waals surface area contributed by atoms with E-state index in [4.69, 9.17) is 5.73 Å². The molecule has 5 nitrogen and oxygen atoms in total. The van der Waals surface area contributed by atoms with Crippen molar-refractivity contribution in [3.05, 3.63) is 42.1 Å². The van der Waals surface area contributed by atoms with E-state index in [2.05, 4.69) is 14.9 Å². The number of nitrogens with two attached hydrogens (primary N) is 1. The van der Waals surface area contributed by atoms with Crippen LogP contribution in [0.25, 0.3) is 11.3 Å². The second kappa shape index (κ2) is 6.15. The van der Waals surface area contributed by atoms with Gasteiger partial charge in [-0.05, 0) is 18.9 Å². The molecule has 1 aromatic heterocycles. The van der Waals surface area contributed by atoms with Crippen molar-refractivity contribution in [3.63, 3.8) is 0 Å². The zero-order valence-electron chi connectivity index (χ0n) is 10.8. The van der Waals surface area contributed by atoms with Gasteiger partial charge in [0.05, 0.1) is 12.8 Å². The summed E-state index contributed by atoms with van der Waals surface area (Å²) in [7, 11) is 1.34. The van der Waals surface area contributed by atoms with E-state index in [0.29, 0.717) is 12.8 Å². The maximum atomic E-state index is 11.2. The molecule has 0 bridgehead atoms. The summed E-state index contributed by atoms with van der Waals surface area (Å²) in [6, 6.07) is 11.3. The third-order valence-electron chi connectivity index (χ3n) is 2.93. The van der Waals surface area contributed by atoms with Crippen LogP contribution in [-0.2, 0) is 16.0 Å². The standard InChI is InChI=1S/C14H17N3O2/c1-19-14(18)12(15)8-7-11-9-13(17-16-11)10-5-3-2-4-6-10/h2-6,9,12H,7-8,15H2,1H3,(H,16,17)/t12-/m1/s1. The molecule has 0 spiro atoms. The van der Waals surface area contributed by atoms with Crippen LogP contribution in [0.2, 0.25) is 0 Å². The number of rotatable bonds is 5. The smallest absolute Gasteiger partial charge is 0.322 e. The average Bonchev–Trinajstić information content (AvgIpc) is 2.93. The first-order valence-corrected chi connectivity index (χ1v) is 6.14. The van der Waals surface area contributed by atoms with Crippen molar-refractivity contribution in [3.8, 4) is 11.3 Å². The van der Waals surface area contributed by atoms with E-state index in [1.54, 1.807) is 0 Å². The minimum atomic E-state index is -0.589. The molecule has 5 heteroatoms. The molecule has 0 amide bonds. The van der Waals surface area contributed by atoms with Crippen molar-refractivity contribution < 1.29 is 9.53 Å². The van der Waals surface area contributed by atoms with E-state index in [0.717, 1.165) is 17.0 Å². The fraction of sp³-hybridized carbons (Fsp3) is 0.286. The van der Waals surface area contributed by atoms with Gasteiger partial charge in [-0.15, -0.1) is 0 Å². The number of aromatic amines is 1. The SMILES string of the molecule is COC(=O)[C@H](N)CCc1cc(-c2ccccc2)n[nH]1. The zero-order chi connectivity index (χ0) is 13.7. The number of esters is 1. The summed E-state index contributed by atoms with van der Waals surface area (Å²) in [4.78, 5) is 11.2. The van der Waals surface area contributed by atoms with Crippen molar-refractivity contribution >= 4 is 5.97 Å². The summed E-state index contributed by atoms with van der Waals surface area (Å²) in [5.74, 6) is -0.386. The van der Waals surface area contributed by atoms with Crippen molar-refractivity contribution in [1.29, 1.82) is 0 Å². The molecule has 0 saturated heterocycles. The highest BCUT2D eigenvalue weighted by Crippen LogP contribution is 2.17. The molecule has 2 rings (SSSR count). The Labute approximate surface area is 111 Å². The predicted molar refractivity (Wildman–Crippen MR) is 72.3 cm³/mol. The van der Waals surface area contributed by atoms with Crippen molar-refractivity contribution in [1.82, 2.24) is 10.2 Å². The molecule has 0 radical (unpaired) electrons. The van der Waals surface area contributed by atoms with Crippen LogP contribution in [0.5, 0.6) is 0 Å². The minimum Gasteiger partial charge on any atom is -0.468 e. The van der Waals surface area contributed by atoms with Crippen LogP contribution < -0.4 is 5.73 Å². The van der Waals surface area contributed by atoms with Crippen LogP contribution in [0.4, 0.5) is 0 Å². The molecule has 100 valence electrons. The molecule has 0 aliphatic rings. The lowest BCUT2D eigenvalue weighted by Crippen LogP contribution is -2.31. The van der Waals surface area contributed by atoms with Gasteiger partial charge in [-0.25, -0.2) is 0 Å². The van der Waals surface area contributed by atoms with Crippen LogP contribution in [0.15, 0.2) is 36.4 Å². The van der Waals surface area contributed by atoms with Gasteiger partial charge in [-0.2, -0.15) is 5.10 Å². The number of ether oxygens (including phenoxy) is 1. The van der Waals surface area contributed by atoms with E-state index in [1.807, 2.05) is 36.4 Å². The summed E-state index contributed by atoms with van der Waals surface area (Å²) in [6.45, 7) is 0. The van der Waals surface area contributed by atoms with Crippen LogP contribution in [0, 0.1) is 0 Å². The monoisotopic (exact) mass is 259 g/mol. The first-order chi connectivity index (χ1) is 9.20. The third kappa shape index (κ3) is 3.42. The van der Waals surface area contributed by atoms with Gasteiger partial charge in [0.1, 0.15) is 6.04 Å². The topological polar surface area (TPSA) is 81.0 Å². The Balaban J connectivity index is 1.97. The van der Waals surface area contributed by atoms with Crippen LogP contribution >= 0.6 is 0 Å². The van der Waals surface area contributed by atoms with Crippen molar-refractivity contribution in [2.75, 3.05) is 7.11 Å². The molecule has 0 aliphatic carbocycles. The molecule has 3 N–H and O–H groups in total. The number of aryl methyl sites for hydroxylation is 1. The molecule has 19 heavy (non-hydrogen) atoms. The van der Waals surface area contributed by atoms with Gasteiger partial charge in [0.2, 0.25) is 0 Å². The van der Waals surface area contributed by atoms with Gasteiger partial charge < -0.3 is 10.5 Å². The summed E-state index contributed by atoms with van der Waals surface area (Å²) in [5, 5.41) is 7.21. The number of hydrogen-bond donors (Lipinski definition) is 2. The largest absolute Gasteiger partial charge is 0.468 e. The van der Waals surface area contributed by atoms with Crippen LogP contribution in [0.1, 0.15) is 12.1 Å². The highest BCUT2D eigenvalue weighted by Gasteiger charge is 2.14. The lowest BCUT2D eigenvalue weighted by atomic mass is 10.1. The van der Waals surface area contributed by atoms with Gasteiger partial charge in [0, 0.05) is 11.3 Å². The fourth-order valence-electron chi connectivity index (χ4n) is 1.83. The fourth-order valence-corrected chi connectivity index (χ4v) is 1.83. The zero-order valence-corrected chi connectivity index (χ0v) is 10.8. The molecule has 0 fully saturated rings. The minimum absolute atomic E-state index is 0.386. The second-order valence-corrected chi connectivity index (χ2v) is 4.31. The molecule has 0 aliphatic heterocycles. The van der Waals surface area contributed by atoms with E-state index >= 15 is 0 Å². The number of carbonyl (C=O) groups excluding carboxylic acids is 1. The Kier molecular flexibility index (Phi) is 4.30. The summed E-state index contributed by atoms with van der Waals surface area (Å²) in [5.41, 5.74) is 8.59. The lowest BCUT2D eigenvalue weighted by molar-refractivity contribution is -0.142. The molecular weight excluding hydrogens is 242 g/mol. The number of benzene rings is 1. The number of hydrogen-bond acceptors (Lipinski definition) is 4. The van der Waals surface area contributed by atoms with Crippen LogP contribution in [-0.4, -0.2) is 29.3 Å². The summed E-state index contributed by atoms with van der Waals surface area (Å²) >= 11 is 0. The van der Waals surface area contributed by atoms with Crippen molar-refractivity contribution in [2.45, 2.75) is 18.9 Å². The van der Waals surface area contributed by atoms with Gasteiger partial charge in [0.15, 0.2) is 0 Å². The van der Waals surface area contributed by atoms with E-state index in [1.165, 1.54) is 7.11 Å². The van der Waals surface area contributed by atoms with Crippen molar-refractivity contribution in [2.24, 2.45) is 5.73 Å². The molecule has 2 aromatic rings. The van der Waals surface area contributed by atoms with Crippen LogP contribution in [0.3, 0.4) is 0 Å². The lowest BCUT2D eigenvalue weighted by Gasteiger charge is -2.07. The summed E-state index contributed by atoms with van der Waals surface area (Å²) < 4.78 is 4.59. The Morgan fingerprint density at radius 3 is 2.84 bits per heavy atom. The normalized spacial score (nSPS) is 12.1. The Hall–Kier alpha value is -2.14. The Morgan fingerprint density at radius 1 is 1.42 bits per heavy atom. The maximum absolute atomic E-state index is 11.2. The molecule has 1 aromatic carbocycles. The predicted octanol–water partition coefficient (Wildman–Crippen LogP) is 1.51. The Morgan fingerprint density at radius 2 is 2.16 bits per heavy atom. The number of H-pyrrole nitrogens is 1. The number of nitrogens with one attached hydrogen (secondary N) is 1. The van der Waals surface area contributed by atoms with Gasteiger partial charge >= 0.3 is 5.97 Å².